The number of rotatable bonds is 5. The normalized spacial score (nSPS) is 19.9. The number of nitrogens with zero attached hydrogens (tertiary/aromatic N) is 2. The number of nitrogens with one attached hydrogen (secondary N) is 1. The monoisotopic (exact) mass is 315 g/mol. The lowest BCUT2D eigenvalue weighted by molar-refractivity contribution is 0.149. The highest BCUT2D eigenvalue weighted by atomic mass is 32.1. The minimum Gasteiger partial charge on any atom is -0.307 e. The van der Waals surface area contributed by atoms with Crippen molar-refractivity contribution in [2.75, 3.05) is 13.1 Å². The van der Waals surface area contributed by atoms with Crippen LogP contribution in [0.3, 0.4) is 0 Å². The maximum Gasteiger partial charge on any atom is 0.0321 e. The molecule has 1 N–H and O–H groups in total. The van der Waals surface area contributed by atoms with Crippen molar-refractivity contribution < 1.29 is 0 Å². The van der Waals surface area contributed by atoms with Crippen LogP contribution in [-0.2, 0) is 0 Å². The summed E-state index contributed by atoms with van der Waals surface area (Å²) in [5.74, 6) is 0. The highest BCUT2D eigenvalue weighted by Gasteiger charge is 2.24. The molecule has 0 saturated carbocycles. The molecule has 0 spiro atoms. The second kappa shape index (κ2) is 7.36. The Hall–Kier alpha value is -1.23. The number of hydrogen-bond donors (Lipinski definition) is 1. The summed E-state index contributed by atoms with van der Waals surface area (Å²) in [7, 11) is 0. The Morgan fingerprint density at radius 1 is 1.14 bits per heavy atom. The van der Waals surface area contributed by atoms with Gasteiger partial charge in [-0.05, 0) is 66.8 Å². The van der Waals surface area contributed by atoms with Crippen molar-refractivity contribution in [1.29, 1.82) is 0 Å². The maximum absolute atomic E-state index is 4.11. The third-order valence-electron chi connectivity index (χ3n) is 4.79. The fourth-order valence-electron chi connectivity index (χ4n) is 3.28. The Kier molecular flexibility index (Phi) is 5.24. The molecule has 1 saturated heterocycles. The van der Waals surface area contributed by atoms with Crippen LogP contribution < -0.4 is 5.32 Å². The number of thiophene rings is 1. The average molecular weight is 315 g/mol. The SMILES string of the molecule is C[C@@H](NC1CCN([C@@H](C)c2ccncc2)CC1)c1ccsc1. The van der Waals surface area contributed by atoms with E-state index in [1.165, 1.54) is 24.0 Å². The first kappa shape index (κ1) is 15.7. The van der Waals surface area contributed by atoms with Crippen LogP contribution in [0.5, 0.6) is 0 Å². The summed E-state index contributed by atoms with van der Waals surface area (Å²) >= 11 is 1.78. The van der Waals surface area contributed by atoms with Crippen molar-refractivity contribution in [3.8, 4) is 0 Å². The van der Waals surface area contributed by atoms with Gasteiger partial charge in [0.15, 0.2) is 0 Å². The zero-order valence-corrected chi connectivity index (χ0v) is 14.2. The summed E-state index contributed by atoms with van der Waals surface area (Å²) in [5, 5.41) is 8.20. The lowest BCUT2D eigenvalue weighted by atomic mass is 9.99. The molecule has 0 bridgehead atoms. The van der Waals surface area contributed by atoms with E-state index in [1.54, 1.807) is 11.3 Å². The Morgan fingerprint density at radius 3 is 2.50 bits per heavy atom. The second-order valence-corrected chi connectivity index (χ2v) is 6.99. The largest absolute Gasteiger partial charge is 0.307 e. The third-order valence-corrected chi connectivity index (χ3v) is 5.50. The maximum atomic E-state index is 4.11. The summed E-state index contributed by atoms with van der Waals surface area (Å²) in [5.41, 5.74) is 2.78. The molecule has 118 valence electrons. The van der Waals surface area contributed by atoms with E-state index in [2.05, 4.69) is 58.0 Å². The minimum atomic E-state index is 0.459. The lowest BCUT2D eigenvalue weighted by Gasteiger charge is -2.37. The summed E-state index contributed by atoms with van der Waals surface area (Å²) < 4.78 is 0. The Bertz CT molecular complexity index is 547. The van der Waals surface area contributed by atoms with E-state index in [1.807, 2.05) is 12.4 Å². The molecular weight excluding hydrogens is 290 g/mol. The minimum absolute atomic E-state index is 0.459. The van der Waals surface area contributed by atoms with Gasteiger partial charge < -0.3 is 5.32 Å². The first-order chi connectivity index (χ1) is 10.7. The first-order valence-electron chi connectivity index (χ1n) is 8.16. The first-order valence-corrected chi connectivity index (χ1v) is 9.10. The van der Waals surface area contributed by atoms with Crippen LogP contribution in [0.4, 0.5) is 0 Å². The molecule has 0 aromatic carbocycles. The predicted molar refractivity (Wildman–Crippen MR) is 93.1 cm³/mol. The van der Waals surface area contributed by atoms with E-state index in [0.717, 1.165) is 13.1 Å². The second-order valence-electron chi connectivity index (χ2n) is 6.21. The number of likely N-dealkylation sites (tertiary alicyclic amines) is 1. The summed E-state index contributed by atoms with van der Waals surface area (Å²) in [6.07, 6.45) is 6.24. The molecule has 22 heavy (non-hydrogen) atoms. The third kappa shape index (κ3) is 3.75. The van der Waals surface area contributed by atoms with Gasteiger partial charge in [0.1, 0.15) is 0 Å². The molecular formula is C18H25N3S. The van der Waals surface area contributed by atoms with Crippen LogP contribution >= 0.6 is 11.3 Å². The molecule has 1 aliphatic heterocycles. The molecule has 0 radical (unpaired) electrons. The smallest absolute Gasteiger partial charge is 0.0321 e. The molecule has 3 nitrogen and oxygen atoms in total. The van der Waals surface area contributed by atoms with Gasteiger partial charge in [-0.3, -0.25) is 9.88 Å². The fraction of sp³-hybridized carbons (Fsp3) is 0.500. The van der Waals surface area contributed by atoms with Crippen molar-refractivity contribution in [2.45, 2.75) is 44.8 Å². The van der Waals surface area contributed by atoms with Crippen molar-refractivity contribution in [2.24, 2.45) is 0 Å². The highest BCUT2D eigenvalue weighted by Crippen LogP contribution is 2.25. The zero-order chi connectivity index (χ0) is 15.4. The van der Waals surface area contributed by atoms with Crippen LogP contribution in [0.2, 0.25) is 0 Å². The van der Waals surface area contributed by atoms with Crippen LogP contribution in [0, 0.1) is 0 Å². The van der Waals surface area contributed by atoms with Crippen molar-refractivity contribution in [3.05, 3.63) is 52.5 Å². The van der Waals surface area contributed by atoms with Gasteiger partial charge in [0, 0.05) is 43.6 Å². The van der Waals surface area contributed by atoms with Gasteiger partial charge in [0.2, 0.25) is 0 Å². The molecule has 0 unspecified atom stereocenters. The van der Waals surface area contributed by atoms with Crippen molar-refractivity contribution in [3.63, 3.8) is 0 Å². The van der Waals surface area contributed by atoms with Gasteiger partial charge in [-0.2, -0.15) is 11.3 Å². The van der Waals surface area contributed by atoms with Crippen molar-refractivity contribution in [1.82, 2.24) is 15.2 Å². The van der Waals surface area contributed by atoms with E-state index >= 15 is 0 Å². The number of pyridine rings is 1. The number of piperidine rings is 1. The van der Waals surface area contributed by atoms with Crippen molar-refractivity contribution >= 4 is 11.3 Å². The predicted octanol–water partition coefficient (Wildman–Crippen LogP) is 4.02. The van der Waals surface area contributed by atoms with Crippen LogP contribution in [0.25, 0.3) is 0 Å². The average Bonchev–Trinajstić information content (AvgIpc) is 3.10. The van der Waals surface area contributed by atoms with Gasteiger partial charge in [0.05, 0.1) is 0 Å². The van der Waals surface area contributed by atoms with E-state index in [0.29, 0.717) is 18.1 Å². The fourth-order valence-corrected chi connectivity index (χ4v) is 4.03. The topological polar surface area (TPSA) is 28.2 Å². The molecule has 2 aromatic heterocycles. The van der Waals surface area contributed by atoms with Crippen LogP contribution in [0.15, 0.2) is 41.4 Å². The van der Waals surface area contributed by atoms with Gasteiger partial charge in [0.25, 0.3) is 0 Å². The standard InChI is InChI=1S/C18H25N3S/c1-14(17-7-12-22-13-17)20-18-5-10-21(11-6-18)15(2)16-3-8-19-9-4-16/h3-4,7-9,12-15,18,20H,5-6,10-11H2,1-2H3/t14-,15+/m1/s1. The van der Waals surface area contributed by atoms with Gasteiger partial charge in [-0.15, -0.1) is 0 Å². The van der Waals surface area contributed by atoms with E-state index in [-0.39, 0.29) is 0 Å². The van der Waals surface area contributed by atoms with Gasteiger partial charge in [-0.1, -0.05) is 0 Å². The quantitative estimate of drug-likeness (QED) is 0.903. The number of aromatic nitrogens is 1. The molecule has 2 atom stereocenters. The number of hydrogen-bond acceptors (Lipinski definition) is 4. The van der Waals surface area contributed by atoms with Gasteiger partial charge in [-0.25, -0.2) is 0 Å². The summed E-state index contributed by atoms with van der Waals surface area (Å²) in [6, 6.07) is 8.07. The Labute approximate surface area is 137 Å². The van der Waals surface area contributed by atoms with Crippen LogP contribution in [0.1, 0.15) is 49.9 Å². The Morgan fingerprint density at radius 2 is 1.86 bits per heavy atom. The lowest BCUT2D eigenvalue weighted by Crippen LogP contribution is -2.44. The van der Waals surface area contributed by atoms with Gasteiger partial charge >= 0.3 is 0 Å². The molecule has 4 heteroatoms. The highest BCUT2D eigenvalue weighted by molar-refractivity contribution is 7.07. The molecule has 0 amide bonds. The molecule has 3 heterocycles. The summed E-state index contributed by atoms with van der Waals surface area (Å²) in [6.45, 7) is 6.90. The molecule has 2 aromatic rings. The van der Waals surface area contributed by atoms with E-state index < -0.39 is 0 Å². The molecule has 0 aliphatic carbocycles. The zero-order valence-electron chi connectivity index (χ0n) is 13.4. The Balaban J connectivity index is 1.50. The molecule has 1 fully saturated rings. The molecule has 1 aliphatic rings. The van der Waals surface area contributed by atoms with Crippen LogP contribution in [-0.4, -0.2) is 29.0 Å². The summed E-state index contributed by atoms with van der Waals surface area (Å²) in [4.78, 5) is 6.70. The van der Waals surface area contributed by atoms with E-state index in [4.69, 9.17) is 0 Å². The van der Waals surface area contributed by atoms with E-state index in [9.17, 15) is 0 Å². The molecule has 3 rings (SSSR count).